The van der Waals surface area contributed by atoms with Gasteiger partial charge in [-0.3, -0.25) is 4.98 Å². The normalized spacial score (nSPS) is 17.7. The van der Waals surface area contributed by atoms with Gasteiger partial charge in [-0.15, -0.1) is 0 Å². The number of nitrogens with zero attached hydrogens (tertiary/aromatic N) is 1. The highest BCUT2D eigenvalue weighted by Gasteiger charge is 2.17. The van der Waals surface area contributed by atoms with Gasteiger partial charge in [-0.2, -0.15) is 0 Å². The minimum Gasteiger partial charge on any atom is -0.490 e. The lowest BCUT2D eigenvalue weighted by molar-refractivity contribution is 0.288. The number of anilines is 1. The van der Waals surface area contributed by atoms with Crippen LogP contribution in [0.25, 0.3) is 0 Å². The van der Waals surface area contributed by atoms with Crippen molar-refractivity contribution in [3.05, 3.63) is 54.4 Å². The maximum atomic E-state index is 5.74. The maximum absolute atomic E-state index is 5.74. The van der Waals surface area contributed by atoms with Crippen LogP contribution < -0.4 is 10.1 Å². The molecule has 3 heteroatoms. The van der Waals surface area contributed by atoms with Gasteiger partial charge in [0.1, 0.15) is 12.4 Å². The third-order valence-electron chi connectivity index (χ3n) is 3.22. The van der Waals surface area contributed by atoms with Crippen molar-refractivity contribution in [3.63, 3.8) is 0 Å². The zero-order valence-electron chi connectivity index (χ0n) is 10.2. The Morgan fingerprint density at radius 3 is 3.06 bits per heavy atom. The SMILES string of the molecule is c1cncc(OCC2CCc3ccccc3N2)c1. The molecule has 3 nitrogen and oxygen atoms in total. The van der Waals surface area contributed by atoms with E-state index < -0.39 is 0 Å². The molecule has 0 bridgehead atoms. The average molecular weight is 240 g/mol. The molecule has 92 valence electrons. The Bertz CT molecular complexity index is 513. The van der Waals surface area contributed by atoms with Crippen molar-refractivity contribution < 1.29 is 4.74 Å². The number of aromatic nitrogens is 1. The smallest absolute Gasteiger partial charge is 0.137 e. The highest BCUT2D eigenvalue weighted by atomic mass is 16.5. The van der Waals surface area contributed by atoms with Gasteiger partial charge in [0.15, 0.2) is 0 Å². The summed E-state index contributed by atoms with van der Waals surface area (Å²) in [6, 6.07) is 12.7. The maximum Gasteiger partial charge on any atom is 0.137 e. The molecule has 1 aliphatic heterocycles. The van der Waals surface area contributed by atoms with Crippen LogP contribution in [0, 0.1) is 0 Å². The number of aryl methyl sites for hydroxylation is 1. The summed E-state index contributed by atoms with van der Waals surface area (Å²) in [5.41, 5.74) is 2.64. The molecule has 18 heavy (non-hydrogen) atoms. The summed E-state index contributed by atoms with van der Waals surface area (Å²) < 4.78 is 5.74. The fourth-order valence-corrected chi connectivity index (χ4v) is 2.26. The number of hydrogen-bond donors (Lipinski definition) is 1. The second kappa shape index (κ2) is 5.08. The van der Waals surface area contributed by atoms with Crippen LogP contribution in [-0.4, -0.2) is 17.6 Å². The Morgan fingerprint density at radius 1 is 1.22 bits per heavy atom. The van der Waals surface area contributed by atoms with Crippen molar-refractivity contribution in [2.75, 3.05) is 11.9 Å². The molecule has 2 heterocycles. The van der Waals surface area contributed by atoms with Crippen LogP contribution in [0.5, 0.6) is 5.75 Å². The number of benzene rings is 1. The van der Waals surface area contributed by atoms with E-state index in [4.69, 9.17) is 4.74 Å². The van der Waals surface area contributed by atoms with Crippen LogP contribution in [0.1, 0.15) is 12.0 Å². The number of para-hydroxylation sites is 1. The van der Waals surface area contributed by atoms with Crippen molar-refractivity contribution >= 4 is 5.69 Å². The summed E-state index contributed by atoms with van der Waals surface area (Å²) in [4.78, 5) is 4.04. The molecule has 1 N–H and O–H groups in total. The lowest BCUT2D eigenvalue weighted by atomic mass is 9.99. The van der Waals surface area contributed by atoms with Crippen molar-refractivity contribution in [1.82, 2.24) is 4.98 Å². The molecular weight excluding hydrogens is 224 g/mol. The van der Waals surface area contributed by atoms with Crippen LogP contribution in [0.4, 0.5) is 5.69 Å². The largest absolute Gasteiger partial charge is 0.490 e. The first-order valence-electron chi connectivity index (χ1n) is 6.29. The zero-order valence-corrected chi connectivity index (χ0v) is 10.2. The van der Waals surface area contributed by atoms with Gasteiger partial charge in [0, 0.05) is 11.9 Å². The highest BCUT2D eigenvalue weighted by molar-refractivity contribution is 5.53. The standard InChI is InChI=1S/C15H16N2O/c1-2-6-15-12(4-1)7-8-13(17-15)11-18-14-5-3-9-16-10-14/h1-6,9-10,13,17H,7-8,11H2. The summed E-state index contributed by atoms with van der Waals surface area (Å²) in [7, 11) is 0. The fraction of sp³-hybridized carbons (Fsp3) is 0.267. The van der Waals surface area contributed by atoms with Crippen LogP contribution in [-0.2, 0) is 6.42 Å². The van der Waals surface area contributed by atoms with Crippen LogP contribution in [0.3, 0.4) is 0 Å². The van der Waals surface area contributed by atoms with E-state index in [2.05, 4.69) is 34.6 Å². The first-order valence-corrected chi connectivity index (χ1v) is 6.29. The number of ether oxygens (including phenoxy) is 1. The summed E-state index contributed by atoms with van der Waals surface area (Å²) in [5, 5.41) is 3.52. The first-order chi connectivity index (χ1) is 8.92. The molecule has 1 aromatic carbocycles. The first kappa shape index (κ1) is 11.1. The van der Waals surface area contributed by atoms with Gasteiger partial charge in [-0.1, -0.05) is 18.2 Å². The Hall–Kier alpha value is -2.03. The van der Waals surface area contributed by atoms with E-state index in [0.717, 1.165) is 18.6 Å². The fourth-order valence-electron chi connectivity index (χ4n) is 2.26. The van der Waals surface area contributed by atoms with Gasteiger partial charge in [-0.25, -0.2) is 0 Å². The Morgan fingerprint density at radius 2 is 2.17 bits per heavy atom. The molecule has 0 fully saturated rings. The molecular formula is C15H16N2O. The molecule has 1 aromatic heterocycles. The van der Waals surface area contributed by atoms with Gasteiger partial charge in [-0.05, 0) is 36.6 Å². The van der Waals surface area contributed by atoms with Gasteiger partial charge < -0.3 is 10.1 Å². The van der Waals surface area contributed by atoms with Crippen molar-refractivity contribution in [2.24, 2.45) is 0 Å². The lowest BCUT2D eigenvalue weighted by Gasteiger charge is -2.26. The lowest BCUT2D eigenvalue weighted by Crippen LogP contribution is -2.31. The van der Waals surface area contributed by atoms with Gasteiger partial charge >= 0.3 is 0 Å². The number of nitrogens with one attached hydrogen (secondary N) is 1. The molecule has 2 aromatic rings. The predicted molar refractivity (Wildman–Crippen MR) is 71.9 cm³/mol. The quantitative estimate of drug-likeness (QED) is 0.895. The molecule has 1 atom stereocenters. The van der Waals surface area contributed by atoms with Crippen molar-refractivity contribution in [1.29, 1.82) is 0 Å². The molecule has 0 radical (unpaired) electrons. The summed E-state index contributed by atoms with van der Waals surface area (Å²) in [5.74, 6) is 0.832. The summed E-state index contributed by atoms with van der Waals surface area (Å²) in [6.07, 6.45) is 5.72. The number of rotatable bonds is 3. The monoisotopic (exact) mass is 240 g/mol. The molecule has 0 aliphatic carbocycles. The third-order valence-corrected chi connectivity index (χ3v) is 3.22. The van der Waals surface area contributed by atoms with Crippen LogP contribution in [0.15, 0.2) is 48.8 Å². The van der Waals surface area contributed by atoms with Crippen LogP contribution >= 0.6 is 0 Å². The van der Waals surface area contributed by atoms with E-state index in [9.17, 15) is 0 Å². The molecule has 0 saturated carbocycles. The third kappa shape index (κ3) is 2.45. The Balaban J connectivity index is 1.60. The molecule has 0 amide bonds. The van der Waals surface area contributed by atoms with E-state index in [1.807, 2.05) is 12.1 Å². The number of pyridine rings is 1. The molecule has 3 rings (SSSR count). The summed E-state index contributed by atoms with van der Waals surface area (Å²) in [6.45, 7) is 0.681. The predicted octanol–water partition coefficient (Wildman–Crippen LogP) is 2.89. The van der Waals surface area contributed by atoms with Gasteiger partial charge in [0.2, 0.25) is 0 Å². The van der Waals surface area contributed by atoms with E-state index in [0.29, 0.717) is 12.6 Å². The Labute approximate surface area is 107 Å². The molecule has 1 unspecified atom stereocenters. The molecule has 0 saturated heterocycles. The molecule has 0 spiro atoms. The summed E-state index contributed by atoms with van der Waals surface area (Å²) >= 11 is 0. The van der Waals surface area contributed by atoms with E-state index in [1.165, 1.54) is 11.3 Å². The topological polar surface area (TPSA) is 34.1 Å². The average Bonchev–Trinajstić information content (AvgIpc) is 2.46. The van der Waals surface area contributed by atoms with E-state index >= 15 is 0 Å². The number of hydrogen-bond acceptors (Lipinski definition) is 3. The van der Waals surface area contributed by atoms with Crippen molar-refractivity contribution in [3.8, 4) is 5.75 Å². The van der Waals surface area contributed by atoms with Gasteiger partial charge in [0.05, 0.1) is 12.2 Å². The minimum atomic E-state index is 0.375. The highest BCUT2D eigenvalue weighted by Crippen LogP contribution is 2.24. The van der Waals surface area contributed by atoms with E-state index in [1.54, 1.807) is 12.4 Å². The second-order valence-corrected chi connectivity index (χ2v) is 4.54. The second-order valence-electron chi connectivity index (χ2n) is 4.54. The zero-order chi connectivity index (χ0) is 12.2. The number of fused-ring (bicyclic) bond motifs is 1. The van der Waals surface area contributed by atoms with Crippen molar-refractivity contribution in [2.45, 2.75) is 18.9 Å². The minimum absolute atomic E-state index is 0.375. The Kier molecular flexibility index (Phi) is 3.13. The van der Waals surface area contributed by atoms with E-state index in [-0.39, 0.29) is 0 Å². The van der Waals surface area contributed by atoms with Gasteiger partial charge in [0.25, 0.3) is 0 Å². The van der Waals surface area contributed by atoms with Crippen LogP contribution in [0.2, 0.25) is 0 Å². The molecule has 1 aliphatic rings.